The molecule has 0 bridgehead atoms. The smallest absolute Gasteiger partial charge is 0.118 e. The summed E-state index contributed by atoms with van der Waals surface area (Å²) in [5.41, 5.74) is 21.1. The van der Waals surface area contributed by atoms with Crippen LogP contribution >= 0.6 is 0 Å². The van der Waals surface area contributed by atoms with Gasteiger partial charge in [0.25, 0.3) is 0 Å². The zero-order chi connectivity index (χ0) is 64.4. The third-order valence-corrected chi connectivity index (χ3v) is 22.0. The molecule has 0 spiro atoms. The molecule has 6 heterocycles. The van der Waals surface area contributed by atoms with Gasteiger partial charge in [-0.1, -0.05) is 170 Å². The third kappa shape index (κ3) is 7.71. The van der Waals surface area contributed by atoms with Crippen molar-refractivity contribution in [3.63, 3.8) is 0 Å². The molecule has 1 aliphatic rings. The van der Waals surface area contributed by atoms with Crippen LogP contribution < -0.4 is 9.47 Å². The molecule has 8 heteroatoms. The van der Waals surface area contributed by atoms with Crippen molar-refractivity contribution in [2.24, 2.45) is 0 Å². The van der Waals surface area contributed by atoms with Crippen molar-refractivity contribution in [2.75, 3.05) is 14.2 Å². The molecule has 14 aromatic carbocycles. The maximum Gasteiger partial charge on any atom is 0.118 e. The molecule has 21 rings (SSSR count). The molecule has 464 valence electrons. The molecular formula is C90H62N6O2. The number of fused-ring (bicyclic) bond motifs is 18. The van der Waals surface area contributed by atoms with Crippen LogP contribution in [-0.2, 0) is 0 Å². The fourth-order valence-electron chi connectivity index (χ4n) is 17.9. The van der Waals surface area contributed by atoms with Crippen LogP contribution in [0.2, 0.25) is 0 Å². The van der Waals surface area contributed by atoms with Gasteiger partial charge in [-0.3, -0.25) is 0 Å². The van der Waals surface area contributed by atoms with Crippen molar-refractivity contribution >= 4 is 131 Å². The number of methoxy groups -OCH3 is 2. The number of hydrogen-bond donors (Lipinski definition) is 0. The normalized spacial score (nSPS) is 15.9. The molecule has 0 amide bonds. The molecule has 1 aliphatic carbocycles. The highest BCUT2D eigenvalue weighted by Gasteiger charge is 2.55. The van der Waals surface area contributed by atoms with Crippen LogP contribution in [0.4, 0.5) is 0 Å². The lowest BCUT2D eigenvalue weighted by molar-refractivity contribution is 0.119. The van der Waals surface area contributed by atoms with Gasteiger partial charge < -0.3 is 36.9 Å². The van der Waals surface area contributed by atoms with Gasteiger partial charge in [0, 0.05) is 121 Å². The van der Waals surface area contributed by atoms with Gasteiger partial charge in [0.15, 0.2) is 0 Å². The summed E-state index contributed by atoms with van der Waals surface area (Å²) in [6.07, 6.45) is 0. The first-order valence-corrected chi connectivity index (χ1v) is 33.9. The van der Waals surface area contributed by atoms with Gasteiger partial charge in [-0.15, -0.1) is 0 Å². The van der Waals surface area contributed by atoms with E-state index in [0.29, 0.717) is 0 Å². The highest BCUT2D eigenvalue weighted by molar-refractivity contribution is 6.16. The second-order valence-corrected chi connectivity index (χ2v) is 26.6. The average molecular weight is 1260 g/mol. The molecule has 0 aliphatic heterocycles. The molecule has 0 N–H and O–H groups in total. The van der Waals surface area contributed by atoms with Crippen molar-refractivity contribution in [3.05, 3.63) is 327 Å². The number of hydrogen-bond acceptors (Lipinski definition) is 2. The molecule has 4 unspecified atom stereocenters. The van der Waals surface area contributed by atoms with E-state index in [9.17, 15) is 0 Å². The Kier molecular flexibility index (Phi) is 11.7. The van der Waals surface area contributed by atoms with E-state index in [1.165, 1.54) is 142 Å². The van der Waals surface area contributed by atoms with Crippen LogP contribution in [0.15, 0.2) is 315 Å². The maximum atomic E-state index is 5.96. The largest absolute Gasteiger partial charge is 0.497 e. The zero-order valence-electron chi connectivity index (χ0n) is 53.8. The maximum absolute atomic E-state index is 5.96. The summed E-state index contributed by atoms with van der Waals surface area (Å²) in [7, 11) is 3.52. The van der Waals surface area contributed by atoms with Crippen molar-refractivity contribution < 1.29 is 9.47 Å². The third-order valence-electron chi connectivity index (χ3n) is 22.0. The number of para-hydroxylation sites is 8. The minimum Gasteiger partial charge on any atom is -0.497 e. The average Bonchev–Trinajstić information content (AvgIpc) is 1.43. The molecule has 0 saturated heterocycles. The summed E-state index contributed by atoms with van der Waals surface area (Å²) in [4.78, 5) is 0. The van der Waals surface area contributed by atoms with E-state index in [-0.39, 0.29) is 23.9 Å². The van der Waals surface area contributed by atoms with Crippen LogP contribution in [0.3, 0.4) is 0 Å². The minimum absolute atomic E-state index is 0.0339. The Morgan fingerprint density at radius 3 is 0.612 bits per heavy atom. The van der Waals surface area contributed by atoms with Crippen molar-refractivity contribution in [3.8, 4) is 34.2 Å². The fraction of sp³-hybridized carbons (Fsp3) is 0.0667. The molecule has 98 heavy (non-hydrogen) atoms. The molecule has 4 atom stereocenters. The van der Waals surface area contributed by atoms with E-state index in [1.807, 2.05) is 0 Å². The minimum atomic E-state index is -0.151. The first-order chi connectivity index (χ1) is 48.6. The summed E-state index contributed by atoms with van der Waals surface area (Å²) in [6.45, 7) is 0. The topological polar surface area (TPSA) is 48.0 Å². The van der Waals surface area contributed by atoms with Crippen LogP contribution in [-0.4, -0.2) is 41.6 Å². The van der Waals surface area contributed by atoms with Crippen LogP contribution in [0.5, 0.6) is 11.5 Å². The van der Waals surface area contributed by atoms with E-state index >= 15 is 0 Å². The highest BCUT2D eigenvalue weighted by atomic mass is 16.5. The summed E-state index contributed by atoms with van der Waals surface area (Å²) >= 11 is 0. The second-order valence-electron chi connectivity index (χ2n) is 26.6. The quantitative estimate of drug-likeness (QED) is 0.137. The predicted molar refractivity (Wildman–Crippen MR) is 406 cm³/mol. The van der Waals surface area contributed by atoms with Crippen LogP contribution in [0.1, 0.15) is 35.0 Å². The number of rotatable bonds is 10. The molecule has 20 aromatic rings. The van der Waals surface area contributed by atoms with E-state index in [0.717, 1.165) is 34.2 Å². The molecule has 8 nitrogen and oxygen atoms in total. The molecule has 1 fully saturated rings. The Labute approximate surface area is 563 Å². The van der Waals surface area contributed by atoms with Crippen LogP contribution in [0.25, 0.3) is 154 Å². The predicted octanol–water partition coefficient (Wildman–Crippen LogP) is 22.7. The molecule has 1 saturated carbocycles. The molecular weight excluding hydrogens is 1200 g/mol. The fourth-order valence-corrected chi connectivity index (χ4v) is 17.9. The van der Waals surface area contributed by atoms with Gasteiger partial charge in [0.1, 0.15) is 11.5 Å². The Morgan fingerprint density at radius 1 is 0.204 bits per heavy atom. The Bertz CT molecular complexity index is 5730. The van der Waals surface area contributed by atoms with Crippen LogP contribution in [0, 0.1) is 0 Å². The van der Waals surface area contributed by atoms with Gasteiger partial charge in [-0.25, -0.2) is 0 Å². The Balaban J connectivity index is 0.876. The first-order valence-electron chi connectivity index (χ1n) is 33.9. The summed E-state index contributed by atoms with van der Waals surface area (Å²) in [6, 6.07) is 118. The number of nitrogens with zero attached hydrogens (tertiary/aromatic N) is 6. The van der Waals surface area contributed by atoms with E-state index < -0.39 is 0 Å². The highest BCUT2D eigenvalue weighted by Crippen LogP contribution is 2.66. The SMILES string of the molecule is COc1ccc(C2C(c3ccc(OC)cc3)C(n3c4ccc(-n5c6ccccc6c6ccccc65)cc4c4cc(-n5c6ccccc6c6ccccc65)ccc43)C2n2c3ccc(-n4c5ccccc5c5ccccc54)cc3c3cc(-n4c5ccccc5c5ccccc54)ccc32)cc1. The summed E-state index contributed by atoms with van der Waals surface area (Å²) in [5.74, 6) is 1.59. The zero-order valence-corrected chi connectivity index (χ0v) is 53.8. The van der Waals surface area contributed by atoms with Gasteiger partial charge in [-0.2, -0.15) is 0 Å². The first kappa shape index (κ1) is 54.8. The van der Waals surface area contributed by atoms with Gasteiger partial charge in [-0.05, 0) is 157 Å². The standard InChI is InChI=1S/C90H62N6O2/c1-97-61-43-35-55(36-44-61)87-88(56-37-45-62(98-2)46-38-56)90(96-85-49-41-59(93-79-31-15-7-23-67(79)68-24-8-16-32-80(68)93)53-73(85)74-54-60(42-50-86(74)96)94-81-33-17-9-25-69(81)70-26-10-18-34-82(70)94)89(87)95-83-47-39-57(91-75-27-11-3-19-63(75)64-20-4-12-28-76(64)91)51-71(83)72-52-58(40-48-84(72)95)92-77-29-13-5-21-65(77)66-22-6-14-30-78(66)92/h3-54,87-90H,1-2H3. The van der Waals surface area contributed by atoms with Gasteiger partial charge in [0.2, 0.25) is 0 Å². The van der Waals surface area contributed by atoms with Crippen molar-refractivity contribution in [2.45, 2.75) is 23.9 Å². The number of ether oxygens (including phenoxy) is 2. The number of aromatic nitrogens is 6. The van der Waals surface area contributed by atoms with Gasteiger partial charge in [0.05, 0.1) is 70.4 Å². The number of benzene rings is 14. The lowest BCUT2D eigenvalue weighted by atomic mass is 9.59. The van der Waals surface area contributed by atoms with E-state index in [4.69, 9.17) is 9.47 Å². The Morgan fingerprint density at radius 2 is 0.408 bits per heavy atom. The van der Waals surface area contributed by atoms with Crippen molar-refractivity contribution in [1.82, 2.24) is 27.4 Å². The van der Waals surface area contributed by atoms with E-state index in [2.05, 4.69) is 343 Å². The monoisotopic (exact) mass is 1260 g/mol. The second kappa shape index (κ2) is 21.0. The summed E-state index contributed by atoms with van der Waals surface area (Å²) < 4.78 is 27.3. The van der Waals surface area contributed by atoms with E-state index in [1.54, 1.807) is 14.2 Å². The van der Waals surface area contributed by atoms with Crippen molar-refractivity contribution in [1.29, 1.82) is 0 Å². The lowest BCUT2D eigenvalue weighted by Crippen LogP contribution is -2.46. The van der Waals surface area contributed by atoms with Gasteiger partial charge >= 0.3 is 0 Å². The summed E-state index contributed by atoms with van der Waals surface area (Å²) in [5, 5.41) is 14.6. The molecule has 6 aromatic heterocycles. The Hall–Kier alpha value is -12.5. The lowest BCUT2D eigenvalue weighted by Gasteiger charge is -2.54. The molecule has 0 radical (unpaired) electrons.